The van der Waals surface area contributed by atoms with Gasteiger partial charge < -0.3 is 10.6 Å². The highest BCUT2D eigenvalue weighted by atomic mass is 35.5. The lowest BCUT2D eigenvalue weighted by Gasteiger charge is -2.34. The second-order valence-electron chi connectivity index (χ2n) is 7.57. The second kappa shape index (κ2) is 11.1. The Bertz CT molecular complexity index is 838. The summed E-state index contributed by atoms with van der Waals surface area (Å²) in [6.07, 6.45) is 0. The molecule has 1 unspecified atom stereocenters. The zero-order chi connectivity index (χ0) is 21.3. The highest BCUT2D eigenvalue weighted by Gasteiger charge is 2.19. The SMILES string of the molecule is CC(NC(=O)c1ccccc1Cl)C(=O)NCCN1CCN(Cc2ccccc2)CC1. The minimum absolute atomic E-state index is 0.196. The van der Waals surface area contributed by atoms with Crippen LogP contribution in [0.4, 0.5) is 0 Å². The summed E-state index contributed by atoms with van der Waals surface area (Å²) in [7, 11) is 0. The molecule has 0 radical (unpaired) electrons. The fourth-order valence-electron chi connectivity index (χ4n) is 3.49. The summed E-state index contributed by atoms with van der Waals surface area (Å²) < 4.78 is 0. The van der Waals surface area contributed by atoms with Crippen molar-refractivity contribution in [1.82, 2.24) is 20.4 Å². The van der Waals surface area contributed by atoms with Gasteiger partial charge in [-0.1, -0.05) is 54.1 Å². The van der Waals surface area contributed by atoms with Gasteiger partial charge in [0.25, 0.3) is 5.91 Å². The molecule has 1 aliphatic rings. The lowest BCUT2D eigenvalue weighted by atomic mass is 10.2. The molecule has 2 amide bonds. The van der Waals surface area contributed by atoms with Crippen LogP contribution in [0.15, 0.2) is 54.6 Å². The van der Waals surface area contributed by atoms with Gasteiger partial charge in [-0.25, -0.2) is 0 Å². The Balaban J connectivity index is 1.33. The van der Waals surface area contributed by atoms with Gasteiger partial charge in [0, 0.05) is 45.8 Å². The van der Waals surface area contributed by atoms with Crippen molar-refractivity contribution in [3.8, 4) is 0 Å². The van der Waals surface area contributed by atoms with Crippen LogP contribution in [0.2, 0.25) is 5.02 Å². The molecular weight excluding hydrogens is 400 g/mol. The Hall–Kier alpha value is -2.41. The molecule has 1 atom stereocenters. The number of halogens is 1. The van der Waals surface area contributed by atoms with Crippen molar-refractivity contribution in [1.29, 1.82) is 0 Å². The van der Waals surface area contributed by atoms with E-state index in [9.17, 15) is 9.59 Å². The van der Waals surface area contributed by atoms with Crippen molar-refractivity contribution >= 4 is 23.4 Å². The van der Waals surface area contributed by atoms with Crippen molar-refractivity contribution in [2.75, 3.05) is 39.3 Å². The van der Waals surface area contributed by atoms with Crippen molar-refractivity contribution in [3.63, 3.8) is 0 Å². The van der Waals surface area contributed by atoms with E-state index in [1.807, 2.05) is 6.07 Å². The molecule has 0 aromatic heterocycles. The number of benzene rings is 2. The van der Waals surface area contributed by atoms with E-state index in [1.54, 1.807) is 31.2 Å². The number of hydrogen-bond acceptors (Lipinski definition) is 4. The van der Waals surface area contributed by atoms with Crippen LogP contribution in [0.3, 0.4) is 0 Å². The van der Waals surface area contributed by atoms with Crippen LogP contribution in [0.1, 0.15) is 22.8 Å². The summed E-state index contributed by atoms with van der Waals surface area (Å²) in [4.78, 5) is 29.4. The predicted molar refractivity (Wildman–Crippen MR) is 120 cm³/mol. The first-order valence-corrected chi connectivity index (χ1v) is 10.7. The maximum absolute atomic E-state index is 12.3. The predicted octanol–water partition coefficient (Wildman–Crippen LogP) is 2.39. The number of carbonyl (C=O) groups excluding carboxylic acids is 2. The van der Waals surface area contributed by atoms with Gasteiger partial charge in [-0.2, -0.15) is 0 Å². The third-order valence-electron chi connectivity index (χ3n) is 5.30. The van der Waals surface area contributed by atoms with Crippen LogP contribution < -0.4 is 10.6 Å². The summed E-state index contributed by atoms with van der Waals surface area (Å²) in [6.45, 7) is 8.03. The monoisotopic (exact) mass is 428 g/mol. The largest absolute Gasteiger partial charge is 0.353 e. The molecule has 2 aromatic rings. The number of rotatable bonds is 8. The smallest absolute Gasteiger partial charge is 0.253 e. The van der Waals surface area contributed by atoms with Gasteiger partial charge in [0.1, 0.15) is 6.04 Å². The zero-order valence-corrected chi connectivity index (χ0v) is 18.1. The van der Waals surface area contributed by atoms with Crippen molar-refractivity contribution in [2.45, 2.75) is 19.5 Å². The van der Waals surface area contributed by atoms with E-state index in [2.05, 4.69) is 44.7 Å². The molecular formula is C23H29ClN4O2. The van der Waals surface area contributed by atoms with Gasteiger partial charge in [0.2, 0.25) is 5.91 Å². The zero-order valence-electron chi connectivity index (χ0n) is 17.3. The first-order chi connectivity index (χ1) is 14.5. The maximum Gasteiger partial charge on any atom is 0.253 e. The minimum Gasteiger partial charge on any atom is -0.353 e. The molecule has 1 saturated heterocycles. The number of amides is 2. The summed E-state index contributed by atoms with van der Waals surface area (Å²) in [5.74, 6) is -0.545. The molecule has 0 bridgehead atoms. The number of nitrogens with one attached hydrogen (secondary N) is 2. The van der Waals surface area contributed by atoms with Crippen LogP contribution in [-0.2, 0) is 11.3 Å². The van der Waals surface area contributed by atoms with Gasteiger partial charge in [-0.3, -0.25) is 19.4 Å². The van der Waals surface area contributed by atoms with Crippen LogP contribution in [0.25, 0.3) is 0 Å². The van der Waals surface area contributed by atoms with E-state index >= 15 is 0 Å². The van der Waals surface area contributed by atoms with Crippen LogP contribution in [-0.4, -0.2) is 66.9 Å². The Morgan fingerprint density at radius 1 is 0.967 bits per heavy atom. The second-order valence-corrected chi connectivity index (χ2v) is 7.98. The fourth-order valence-corrected chi connectivity index (χ4v) is 3.71. The van der Waals surface area contributed by atoms with Gasteiger partial charge in [0.05, 0.1) is 10.6 Å². The van der Waals surface area contributed by atoms with Crippen LogP contribution in [0.5, 0.6) is 0 Å². The van der Waals surface area contributed by atoms with Crippen molar-refractivity contribution < 1.29 is 9.59 Å². The Morgan fingerprint density at radius 2 is 1.60 bits per heavy atom. The van der Waals surface area contributed by atoms with Gasteiger partial charge >= 0.3 is 0 Å². The summed E-state index contributed by atoms with van der Waals surface area (Å²) in [6, 6.07) is 16.7. The Kier molecular flexibility index (Phi) is 8.25. The normalized spacial score (nSPS) is 16.1. The number of piperazine rings is 1. The fraction of sp³-hybridized carbons (Fsp3) is 0.391. The number of carbonyl (C=O) groups is 2. The topological polar surface area (TPSA) is 64.7 Å². The molecule has 0 saturated carbocycles. The quantitative estimate of drug-likeness (QED) is 0.677. The minimum atomic E-state index is -0.628. The van der Waals surface area contributed by atoms with Crippen molar-refractivity contribution in [2.24, 2.45) is 0 Å². The average Bonchev–Trinajstić information content (AvgIpc) is 2.76. The molecule has 7 heteroatoms. The van der Waals surface area contributed by atoms with E-state index < -0.39 is 6.04 Å². The molecule has 0 aliphatic carbocycles. The van der Waals surface area contributed by atoms with E-state index in [4.69, 9.17) is 11.6 Å². The molecule has 3 rings (SSSR count). The van der Waals surface area contributed by atoms with Gasteiger partial charge in [0.15, 0.2) is 0 Å². The molecule has 6 nitrogen and oxygen atoms in total. The molecule has 1 heterocycles. The van der Waals surface area contributed by atoms with Crippen LogP contribution >= 0.6 is 11.6 Å². The molecule has 1 fully saturated rings. The van der Waals surface area contributed by atoms with Gasteiger partial charge in [-0.15, -0.1) is 0 Å². The highest BCUT2D eigenvalue weighted by Crippen LogP contribution is 2.14. The average molecular weight is 429 g/mol. The molecule has 1 aliphatic heterocycles. The number of hydrogen-bond donors (Lipinski definition) is 2. The molecule has 30 heavy (non-hydrogen) atoms. The number of nitrogens with zero attached hydrogens (tertiary/aromatic N) is 2. The Labute approximate surface area is 183 Å². The molecule has 0 spiro atoms. The molecule has 2 aromatic carbocycles. The Morgan fingerprint density at radius 3 is 2.30 bits per heavy atom. The molecule has 2 N–H and O–H groups in total. The van der Waals surface area contributed by atoms with Crippen molar-refractivity contribution in [3.05, 3.63) is 70.7 Å². The maximum atomic E-state index is 12.3. The third-order valence-corrected chi connectivity index (χ3v) is 5.63. The van der Waals surface area contributed by atoms with Crippen LogP contribution in [0, 0.1) is 0 Å². The standard InChI is InChI=1S/C23H29ClN4O2/c1-18(26-23(30)20-9-5-6-10-21(20)24)22(29)25-11-12-27-13-15-28(16-14-27)17-19-7-3-2-4-8-19/h2-10,18H,11-17H2,1H3,(H,25,29)(H,26,30). The molecule has 160 valence electrons. The first kappa shape index (κ1) is 22.3. The highest BCUT2D eigenvalue weighted by molar-refractivity contribution is 6.33. The summed E-state index contributed by atoms with van der Waals surface area (Å²) in [5, 5.41) is 5.98. The lowest BCUT2D eigenvalue weighted by molar-refractivity contribution is -0.122. The summed E-state index contributed by atoms with van der Waals surface area (Å²) >= 11 is 6.04. The van der Waals surface area contributed by atoms with E-state index in [0.29, 0.717) is 17.1 Å². The van der Waals surface area contributed by atoms with E-state index in [-0.39, 0.29) is 11.8 Å². The lowest BCUT2D eigenvalue weighted by Crippen LogP contribution is -2.50. The van der Waals surface area contributed by atoms with Gasteiger partial charge in [-0.05, 0) is 24.6 Å². The van der Waals surface area contributed by atoms with E-state index in [1.165, 1.54) is 5.56 Å². The summed E-state index contributed by atoms with van der Waals surface area (Å²) in [5.41, 5.74) is 1.71. The van der Waals surface area contributed by atoms with E-state index in [0.717, 1.165) is 39.3 Å². The third kappa shape index (κ3) is 6.55. The first-order valence-electron chi connectivity index (χ1n) is 10.3.